The van der Waals surface area contributed by atoms with Crippen LogP contribution in [0.5, 0.6) is 0 Å². The van der Waals surface area contributed by atoms with E-state index in [2.05, 4.69) is 74.5 Å². The zero-order valence-electron chi connectivity index (χ0n) is 20.4. The molecular formula is C32H26N4. The molecule has 3 heterocycles. The van der Waals surface area contributed by atoms with Gasteiger partial charge in [0, 0.05) is 38.9 Å². The van der Waals surface area contributed by atoms with Gasteiger partial charge in [-0.05, 0) is 31.0 Å². The zero-order valence-corrected chi connectivity index (χ0v) is 20.4. The van der Waals surface area contributed by atoms with Crippen molar-refractivity contribution in [2.45, 2.75) is 26.7 Å². The van der Waals surface area contributed by atoms with Crippen LogP contribution in [0.25, 0.3) is 55.7 Å². The topological polar surface area (TPSA) is 51.6 Å². The molecule has 0 amide bonds. The molecule has 0 atom stereocenters. The van der Waals surface area contributed by atoms with Crippen molar-refractivity contribution in [1.29, 1.82) is 0 Å². The Morgan fingerprint density at radius 3 is 1.89 bits per heavy atom. The first-order chi connectivity index (χ1) is 17.7. The van der Waals surface area contributed by atoms with Crippen molar-refractivity contribution in [3.05, 3.63) is 108 Å². The van der Waals surface area contributed by atoms with Crippen LogP contribution in [0.3, 0.4) is 0 Å². The summed E-state index contributed by atoms with van der Waals surface area (Å²) in [5.41, 5.74) is 8.86. The monoisotopic (exact) mass is 466 g/mol. The first kappa shape index (κ1) is 22.1. The van der Waals surface area contributed by atoms with Gasteiger partial charge in [0.1, 0.15) is 0 Å². The van der Waals surface area contributed by atoms with E-state index in [1.165, 1.54) is 0 Å². The highest BCUT2D eigenvalue weighted by molar-refractivity contribution is 6.08. The number of pyridine rings is 2. The van der Waals surface area contributed by atoms with Gasteiger partial charge < -0.3 is 0 Å². The number of aromatic nitrogens is 4. The van der Waals surface area contributed by atoms with Crippen molar-refractivity contribution in [2.75, 3.05) is 0 Å². The Morgan fingerprint density at radius 2 is 1.17 bits per heavy atom. The highest BCUT2D eigenvalue weighted by Gasteiger charge is 2.16. The zero-order chi connectivity index (χ0) is 24.5. The Hall–Kier alpha value is -4.44. The van der Waals surface area contributed by atoms with E-state index in [0.29, 0.717) is 5.82 Å². The van der Waals surface area contributed by atoms with Gasteiger partial charge in [0.2, 0.25) is 0 Å². The first-order valence-corrected chi connectivity index (χ1v) is 12.5. The van der Waals surface area contributed by atoms with Gasteiger partial charge >= 0.3 is 0 Å². The van der Waals surface area contributed by atoms with Gasteiger partial charge in [-0.25, -0.2) is 9.97 Å². The van der Waals surface area contributed by atoms with Crippen LogP contribution in [-0.2, 0) is 12.8 Å². The Bertz CT molecular complexity index is 1640. The summed E-state index contributed by atoms with van der Waals surface area (Å²) in [5.74, 6) is 0.710. The van der Waals surface area contributed by atoms with Crippen molar-refractivity contribution in [3.8, 4) is 33.9 Å². The number of fused-ring (bicyclic) bond motifs is 3. The van der Waals surface area contributed by atoms with Crippen molar-refractivity contribution < 1.29 is 0 Å². The number of hydrogen-bond acceptors (Lipinski definition) is 4. The Morgan fingerprint density at radius 1 is 0.528 bits per heavy atom. The molecule has 3 aromatic carbocycles. The summed E-state index contributed by atoms with van der Waals surface area (Å²) in [6.07, 6.45) is 1.72. The molecule has 0 saturated carbocycles. The quantitative estimate of drug-likeness (QED) is 0.244. The highest BCUT2D eigenvalue weighted by atomic mass is 14.9. The van der Waals surface area contributed by atoms with E-state index >= 15 is 0 Å². The summed E-state index contributed by atoms with van der Waals surface area (Å²) in [6, 6.07) is 33.2. The summed E-state index contributed by atoms with van der Waals surface area (Å²) in [7, 11) is 0. The maximum Gasteiger partial charge on any atom is 0.160 e. The van der Waals surface area contributed by atoms with Crippen molar-refractivity contribution in [2.24, 2.45) is 0 Å². The number of aryl methyl sites for hydroxylation is 2. The van der Waals surface area contributed by atoms with E-state index in [-0.39, 0.29) is 0 Å². The predicted octanol–water partition coefficient (Wildman–Crippen LogP) is 7.70. The van der Waals surface area contributed by atoms with Gasteiger partial charge in [0.05, 0.1) is 22.4 Å². The van der Waals surface area contributed by atoms with Crippen molar-refractivity contribution >= 4 is 21.8 Å². The van der Waals surface area contributed by atoms with E-state index in [4.69, 9.17) is 19.9 Å². The Balaban J connectivity index is 1.66. The molecule has 0 spiro atoms. The number of nitrogens with zero attached hydrogens (tertiary/aromatic N) is 4. The molecule has 0 N–H and O–H groups in total. The molecule has 6 aromatic rings. The Kier molecular flexibility index (Phi) is 5.70. The van der Waals surface area contributed by atoms with E-state index in [1.54, 1.807) is 0 Å². The lowest BCUT2D eigenvalue weighted by Crippen LogP contribution is -1.99. The summed E-state index contributed by atoms with van der Waals surface area (Å²) in [4.78, 5) is 20.0. The van der Waals surface area contributed by atoms with E-state index < -0.39 is 0 Å². The second-order valence-electron chi connectivity index (χ2n) is 8.90. The molecular weight excluding hydrogens is 440 g/mol. The molecule has 0 aliphatic carbocycles. The lowest BCUT2D eigenvalue weighted by molar-refractivity contribution is 1.05. The third-order valence-corrected chi connectivity index (χ3v) is 6.58. The average Bonchev–Trinajstić information content (AvgIpc) is 2.96. The van der Waals surface area contributed by atoms with Crippen LogP contribution in [0.1, 0.15) is 25.2 Å². The SMILES string of the molecule is CCc1ccc2ccc3c(-c4cc(-c5ccccc5)nc(-c5ccccc5)n4)cc(CC)nc3c2n1. The van der Waals surface area contributed by atoms with E-state index in [1.807, 2.05) is 36.4 Å². The largest absolute Gasteiger partial charge is 0.251 e. The van der Waals surface area contributed by atoms with Crippen LogP contribution in [0, 0.1) is 0 Å². The number of benzene rings is 3. The molecule has 0 bridgehead atoms. The second-order valence-corrected chi connectivity index (χ2v) is 8.90. The van der Waals surface area contributed by atoms with Gasteiger partial charge in [-0.3, -0.25) is 9.97 Å². The molecule has 174 valence electrons. The van der Waals surface area contributed by atoms with Gasteiger partial charge in [-0.1, -0.05) is 92.7 Å². The molecule has 0 aliphatic rings. The van der Waals surface area contributed by atoms with Crippen LogP contribution >= 0.6 is 0 Å². The molecule has 0 radical (unpaired) electrons. The molecule has 3 aromatic heterocycles. The minimum atomic E-state index is 0.710. The maximum absolute atomic E-state index is 5.08. The molecule has 0 unspecified atom stereocenters. The van der Waals surface area contributed by atoms with E-state index in [0.717, 1.165) is 74.1 Å². The molecule has 0 saturated heterocycles. The van der Waals surface area contributed by atoms with Crippen LogP contribution in [0.2, 0.25) is 0 Å². The molecule has 0 aliphatic heterocycles. The number of rotatable bonds is 5. The third-order valence-electron chi connectivity index (χ3n) is 6.58. The standard InChI is InChI=1S/C32H26N4/c1-3-24-17-15-22-16-18-26-27(19-25(4-2)34-31(26)30(22)33-24)29-20-28(21-11-7-5-8-12-21)35-32(36-29)23-13-9-6-10-14-23/h5-20H,3-4H2,1-2H3. The maximum atomic E-state index is 5.08. The van der Waals surface area contributed by atoms with Gasteiger partial charge in [-0.2, -0.15) is 0 Å². The van der Waals surface area contributed by atoms with E-state index in [9.17, 15) is 0 Å². The lowest BCUT2D eigenvalue weighted by atomic mass is 9.99. The van der Waals surface area contributed by atoms with Crippen molar-refractivity contribution in [1.82, 2.24) is 19.9 Å². The second kappa shape index (κ2) is 9.31. The van der Waals surface area contributed by atoms with Crippen LogP contribution in [0.15, 0.2) is 97.1 Å². The normalized spacial score (nSPS) is 11.3. The molecule has 0 fully saturated rings. The minimum absolute atomic E-state index is 0.710. The molecule has 4 heteroatoms. The molecule has 4 nitrogen and oxygen atoms in total. The van der Waals surface area contributed by atoms with Gasteiger partial charge in [0.25, 0.3) is 0 Å². The first-order valence-electron chi connectivity index (χ1n) is 12.5. The summed E-state index contributed by atoms with van der Waals surface area (Å²) < 4.78 is 0. The van der Waals surface area contributed by atoms with Gasteiger partial charge in [-0.15, -0.1) is 0 Å². The fourth-order valence-corrected chi connectivity index (χ4v) is 4.61. The minimum Gasteiger partial charge on any atom is -0.251 e. The predicted molar refractivity (Wildman–Crippen MR) is 148 cm³/mol. The Labute approximate surface area is 210 Å². The highest BCUT2D eigenvalue weighted by Crippen LogP contribution is 2.34. The smallest absolute Gasteiger partial charge is 0.160 e. The van der Waals surface area contributed by atoms with Crippen LogP contribution < -0.4 is 0 Å². The fraction of sp³-hybridized carbons (Fsp3) is 0.125. The fourth-order valence-electron chi connectivity index (χ4n) is 4.61. The average molecular weight is 467 g/mol. The summed E-state index contributed by atoms with van der Waals surface area (Å²) in [5, 5.41) is 2.15. The molecule has 6 rings (SSSR count). The lowest BCUT2D eigenvalue weighted by Gasteiger charge is -2.13. The number of hydrogen-bond donors (Lipinski definition) is 0. The van der Waals surface area contributed by atoms with Crippen LogP contribution in [-0.4, -0.2) is 19.9 Å². The molecule has 36 heavy (non-hydrogen) atoms. The van der Waals surface area contributed by atoms with Crippen molar-refractivity contribution in [3.63, 3.8) is 0 Å². The van der Waals surface area contributed by atoms with Gasteiger partial charge in [0.15, 0.2) is 5.82 Å². The third kappa shape index (κ3) is 4.01. The van der Waals surface area contributed by atoms with Crippen LogP contribution in [0.4, 0.5) is 0 Å². The summed E-state index contributed by atoms with van der Waals surface area (Å²) in [6.45, 7) is 4.27. The summed E-state index contributed by atoms with van der Waals surface area (Å²) >= 11 is 0.